The Morgan fingerprint density at radius 2 is 2.14 bits per heavy atom. The molecule has 29 heavy (non-hydrogen) atoms. The number of piperidine rings is 1. The summed E-state index contributed by atoms with van der Waals surface area (Å²) in [6, 6.07) is 3.46. The first-order valence-corrected chi connectivity index (χ1v) is 10.5. The van der Waals surface area contributed by atoms with Crippen molar-refractivity contribution in [3.8, 4) is 0 Å². The molecule has 0 aliphatic carbocycles. The van der Waals surface area contributed by atoms with Crippen LogP contribution in [0.5, 0.6) is 0 Å². The van der Waals surface area contributed by atoms with Crippen LogP contribution >= 0.6 is 11.3 Å². The van der Waals surface area contributed by atoms with E-state index in [2.05, 4.69) is 10.3 Å². The van der Waals surface area contributed by atoms with Crippen LogP contribution < -0.4 is 10.9 Å². The van der Waals surface area contributed by atoms with Gasteiger partial charge in [0, 0.05) is 43.7 Å². The summed E-state index contributed by atoms with van der Waals surface area (Å²) in [5.41, 5.74) is 1.57. The topological polar surface area (TPSA) is 93.5 Å². The van der Waals surface area contributed by atoms with Gasteiger partial charge in [-0.25, -0.2) is 4.98 Å². The number of thiazole rings is 1. The monoisotopic (exact) mass is 416 g/mol. The van der Waals surface area contributed by atoms with Gasteiger partial charge < -0.3 is 19.5 Å². The van der Waals surface area contributed by atoms with E-state index in [0.717, 1.165) is 22.8 Å². The van der Waals surface area contributed by atoms with Crippen molar-refractivity contribution in [2.75, 3.05) is 26.8 Å². The van der Waals surface area contributed by atoms with E-state index in [1.54, 1.807) is 10.6 Å². The Morgan fingerprint density at radius 3 is 2.86 bits per heavy atom. The predicted molar refractivity (Wildman–Crippen MR) is 108 cm³/mol. The van der Waals surface area contributed by atoms with E-state index in [9.17, 15) is 14.4 Å². The molecular formula is C20H24N4O4S. The van der Waals surface area contributed by atoms with Crippen molar-refractivity contribution in [2.24, 2.45) is 5.92 Å². The van der Waals surface area contributed by atoms with Gasteiger partial charge in [-0.15, -0.1) is 11.3 Å². The van der Waals surface area contributed by atoms with Crippen molar-refractivity contribution < 1.29 is 14.3 Å². The first-order chi connectivity index (χ1) is 14.0. The van der Waals surface area contributed by atoms with Crippen molar-refractivity contribution in [3.05, 3.63) is 49.8 Å². The molecule has 1 fully saturated rings. The molecule has 0 spiro atoms. The van der Waals surface area contributed by atoms with Gasteiger partial charge in [-0.2, -0.15) is 0 Å². The summed E-state index contributed by atoms with van der Waals surface area (Å²) in [7, 11) is 1.51. The Hall–Kier alpha value is -2.52. The zero-order chi connectivity index (χ0) is 20.5. The smallest absolute Gasteiger partial charge is 0.263 e. The minimum absolute atomic E-state index is 0.0220. The van der Waals surface area contributed by atoms with E-state index < -0.39 is 0 Å². The molecule has 8 nitrogen and oxygen atoms in total. The van der Waals surface area contributed by atoms with E-state index in [0.29, 0.717) is 26.2 Å². The van der Waals surface area contributed by atoms with Gasteiger partial charge in [0.25, 0.3) is 11.5 Å². The number of likely N-dealkylation sites (tertiary alicyclic amines) is 1. The summed E-state index contributed by atoms with van der Waals surface area (Å²) >= 11 is 1.52. The van der Waals surface area contributed by atoms with Crippen molar-refractivity contribution in [2.45, 2.75) is 32.4 Å². The number of fused-ring (bicyclic) bond motifs is 4. The average molecular weight is 417 g/mol. The van der Waals surface area contributed by atoms with E-state index in [4.69, 9.17) is 4.74 Å². The molecule has 4 heterocycles. The first kappa shape index (κ1) is 19.8. The lowest BCUT2D eigenvalue weighted by atomic mass is 9.83. The maximum atomic E-state index is 13.0. The number of rotatable bonds is 5. The van der Waals surface area contributed by atoms with Crippen LogP contribution in [0.3, 0.4) is 0 Å². The van der Waals surface area contributed by atoms with E-state index >= 15 is 0 Å². The summed E-state index contributed by atoms with van der Waals surface area (Å²) < 4.78 is 6.69. The number of carbonyl (C=O) groups is 2. The molecule has 0 saturated carbocycles. The Morgan fingerprint density at radius 1 is 1.31 bits per heavy atom. The standard InChI is InChI=1S/C20H24N4O4S/c1-12-22-15(11-29-12)6-21-19(26)16-3-4-17-14-5-13(8-24(17)20(16)27)7-23(9-14)18(25)10-28-2/h3-4,11,13-14H,5-10H2,1-2H3,(H,21,26)/t13-,14+/m0/s1. The third-order valence-corrected chi connectivity index (χ3v) is 6.39. The zero-order valence-corrected chi connectivity index (χ0v) is 17.3. The summed E-state index contributed by atoms with van der Waals surface area (Å²) in [5, 5.41) is 5.62. The maximum Gasteiger partial charge on any atom is 0.263 e. The number of ether oxygens (including phenoxy) is 1. The number of aryl methyl sites for hydroxylation is 1. The van der Waals surface area contributed by atoms with Crippen LogP contribution in [0.4, 0.5) is 0 Å². The highest BCUT2D eigenvalue weighted by molar-refractivity contribution is 7.09. The molecule has 154 valence electrons. The Bertz CT molecular complexity index is 999. The molecule has 2 aliphatic heterocycles. The van der Waals surface area contributed by atoms with Gasteiger partial charge in [0.15, 0.2) is 0 Å². The van der Waals surface area contributed by atoms with Gasteiger partial charge in [0.05, 0.1) is 17.2 Å². The number of aromatic nitrogens is 2. The third-order valence-electron chi connectivity index (χ3n) is 5.57. The second-order valence-electron chi connectivity index (χ2n) is 7.66. The molecule has 1 saturated heterocycles. The Kier molecular flexibility index (Phi) is 5.51. The van der Waals surface area contributed by atoms with Crippen molar-refractivity contribution >= 4 is 23.2 Å². The number of amides is 2. The molecule has 0 radical (unpaired) electrons. The van der Waals surface area contributed by atoms with Crippen LogP contribution in [0, 0.1) is 12.8 Å². The van der Waals surface area contributed by atoms with Gasteiger partial charge in [-0.3, -0.25) is 14.4 Å². The van der Waals surface area contributed by atoms with Crippen LogP contribution in [0.1, 0.15) is 39.1 Å². The third kappa shape index (κ3) is 3.97. The second kappa shape index (κ2) is 8.08. The molecule has 2 amide bonds. The van der Waals surface area contributed by atoms with Crippen LogP contribution in [0.2, 0.25) is 0 Å². The van der Waals surface area contributed by atoms with Gasteiger partial charge in [-0.05, 0) is 31.4 Å². The highest BCUT2D eigenvalue weighted by atomic mass is 32.1. The quantitative estimate of drug-likeness (QED) is 0.789. The highest BCUT2D eigenvalue weighted by Gasteiger charge is 2.36. The summed E-state index contributed by atoms with van der Waals surface area (Å²) in [6.45, 7) is 3.99. The lowest BCUT2D eigenvalue weighted by Gasteiger charge is -2.42. The van der Waals surface area contributed by atoms with Crippen LogP contribution in [-0.4, -0.2) is 53.1 Å². The number of nitrogens with one attached hydrogen (secondary N) is 1. The largest absolute Gasteiger partial charge is 0.375 e. The van der Waals surface area contributed by atoms with E-state index in [1.165, 1.54) is 18.4 Å². The van der Waals surface area contributed by atoms with Crippen LogP contribution in [0.25, 0.3) is 0 Å². The minimum Gasteiger partial charge on any atom is -0.375 e. The van der Waals surface area contributed by atoms with E-state index in [-0.39, 0.29) is 41.4 Å². The molecule has 0 aromatic carbocycles. The molecule has 2 atom stereocenters. The summed E-state index contributed by atoms with van der Waals surface area (Å²) in [5.74, 6) is -0.1000. The number of carbonyl (C=O) groups excluding carboxylic acids is 2. The molecular weight excluding hydrogens is 392 g/mol. The number of methoxy groups -OCH3 is 1. The fraction of sp³-hybridized carbons (Fsp3) is 0.500. The average Bonchev–Trinajstić information content (AvgIpc) is 3.12. The number of hydrogen-bond donors (Lipinski definition) is 1. The molecule has 4 rings (SSSR count). The molecule has 0 unspecified atom stereocenters. The number of nitrogens with zero attached hydrogens (tertiary/aromatic N) is 3. The zero-order valence-electron chi connectivity index (χ0n) is 16.5. The highest BCUT2D eigenvalue weighted by Crippen LogP contribution is 2.35. The van der Waals surface area contributed by atoms with E-state index in [1.807, 2.05) is 23.3 Å². The van der Waals surface area contributed by atoms with Crippen molar-refractivity contribution in [3.63, 3.8) is 0 Å². The van der Waals surface area contributed by atoms with Crippen LogP contribution in [0.15, 0.2) is 22.3 Å². The summed E-state index contributed by atoms with van der Waals surface area (Å²) in [4.78, 5) is 43.9. The van der Waals surface area contributed by atoms with Crippen LogP contribution in [-0.2, 0) is 22.6 Å². The predicted octanol–water partition coefficient (Wildman–Crippen LogP) is 1.14. The minimum atomic E-state index is -0.386. The lowest BCUT2D eigenvalue weighted by molar-refractivity contribution is -0.137. The molecule has 2 aromatic heterocycles. The number of hydrogen-bond acceptors (Lipinski definition) is 6. The SMILES string of the molecule is COCC(=O)N1C[C@@H]2C[C@H](C1)c1ccc(C(=O)NCc3csc(C)n3)c(=O)n1C2. The Balaban J connectivity index is 1.52. The first-order valence-electron chi connectivity index (χ1n) is 9.66. The Labute approximate surface area is 172 Å². The molecule has 1 N–H and O–H groups in total. The molecule has 2 aliphatic rings. The maximum absolute atomic E-state index is 13.0. The molecule has 2 bridgehead atoms. The van der Waals surface area contributed by atoms with Crippen molar-refractivity contribution in [1.29, 1.82) is 0 Å². The van der Waals surface area contributed by atoms with Gasteiger partial charge in [0.1, 0.15) is 12.2 Å². The van der Waals surface area contributed by atoms with Gasteiger partial charge in [0.2, 0.25) is 5.91 Å². The molecule has 2 aromatic rings. The van der Waals surface area contributed by atoms with Gasteiger partial charge >= 0.3 is 0 Å². The fourth-order valence-corrected chi connectivity index (χ4v) is 4.91. The second-order valence-corrected chi connectivity index (χ2v) is 8.72. The number of pyridine rings is 1. The normalized spacial score (nSPS) is 20.3. The van der Waals surface area contributed by atoms with Crippen molar-refractivity contribution in [1.82, 2.24) is 19.8 Å². The molecule has 9 heteroatoms. The fourth-order valence-electron chi connectivity index (χ4n) is 4.29. The van der Waals surface area contributed by atoms with Gasteiger partial charge in [-0.1, -0.05) is 0 Å². The summed E-state index contributed by atoms with van der Waals surface area (Å²) in [6.07, 6.45) is 0.949. The lowest BCUT2D eigenvalue weighted by Crippen LogP contribution is -2.50.